The fourth-order valence-corrected chi connectivity index (χ4v) is 6.13. The summed E-state index contributed by atoms with van der Waals surface area (Å²) in [6.45, 7) is 9.22. The van der Waals surface area contributed by atoms with Crippen molar-refractivity contribution in [2.45, 2.75) is 97.6 Å². The molecule has 0 aromatic heterocycles. The first kappa shape index (κ1) is 33.0. The summed E-state index contributed by atoms with van der Waals surface area (Å²) in [6, 6.07) is 8.26. The van der Waals surface area contributed by atoms with Crippen LogP contribution in [0.4, 0.5) is 0 Å². The van der Waals surface area contributed by atoms with Gasteiger partial charge in [-0.1, -0.05) is 35.9 Å². The van der Waals surface area contributed by atoms with Crippen molar-refractivity contribution in [1.82, 2.24) is 10.2 Å². The molecule has 1 atom stereocenters. The van der Waals surface area contributed by atoms with Gasteiger partial charge in [0.25, 0.3) is 0 Å². The number of allylic oxidation sites excluding steroid dienone is 5. The standard InChI is InChI=1S/C35H47N3O6/c1-5-43-33(41)8-6-7-31(40)35(4)34(42)24(2)36-32(37-35)22-28-17-19-38(20-18-28)30-15-13-27(14-16-30)21-26-9-11-29(12-10-26)23-44-25(3)39/h9-13,15,28,42H,5-8,14,16-23H2,1-4H3,(H,36,37). The third-order valence-corrected chi connectivity index (χ3v) is 8.75. The summed E-state index contributed by atoms with van der Waals surface area (Å²) in [5.74, 6) is 0.348. The molecular weight excluding hydrogens is 558 g/mol. The molecule has 44 heavy (non-hydrogen) atoms. The number of aliphatic hydroxyl groups is 1. The Labute approximate surface area is 261 Å². The van der Waals surface area contributed by atoms with Crippen LogP contribution in [0.2, 0.25) is 0 Å². The topological polar surface area (TPSA) is 118 Å². The van der Waals surface area contributed by atoms with Gasteiger partial charge >= 0.3 is 11.9 Å². The Morgan fingerprint density at radius 3 is 2.39 bits per heavy atom. The van der Waals surface area contributed by atoms with E-state index in [-0.39, 0.29) is 36.3 Å². The number of aliphatic imine (C=N–C) groups is 1. The molecule has 1 unspecified atom stereocenters. The third-order valence-electron chi connectivity index (χ3n) is 8.75. The number of piperidine rings is 1. The first-order chi connectivity index (χ1) is 21.1. The fourth-order valence-electron chi connectivity index (χ4n) is 6.13. The molecule has 1 aromatic carbocycles. The zero-order chi connectivity index (χ0) is 31.7. The number of esters is 2. The number of amidine groups is 1. The minimum atomic E-state index is -1.33. The van der Waals surface area contributed by atoms with Crippen LogP contribution in [0, 0.1) is 5.92 Å². The molecule has 1 fully saturated rings. The summed E-state index contributed by atoms with van der Waals surface area (Å²) in [4.78, 5) is 43.1. The number of nitrogens with zero attached hydrogens (tertiary/aromatic N) is 2. The van der Waals surface area contributed by atoms with E-state index in [0.29, 0.717) is 31.2 Å². The highest BCUT2D eigenvalue weighted by molar-refractivity contribution is 5.97. The second-order valence-corrected chi connectivity index (χ2v) is 12.2. The van der Waals surface area contributed by atoms with Crippen LogP contribution in [-0.2, 0) is 36.9 Å². The van der Waals surface area contributed by atoms with Gasteiger partial charge in [0.2, 0.25) is 0 Å². The molecule has 1 aromatic rings. The summed E-state index contributed by atoms with van der Waals surface area (Å²) < 4.78 is 10.0. The quantitative estimate of drug-likeness (QED) is 0.269. The van der Waals surface area contributed by atoms with Gasteiger partial charge in [0, 0.05) is 45.0 Å². The lowest BCUT2D eigenvalue weighted by Gasteiger charge is -2.37. The number of ketones is 1. The zero-order valence-electron chi connectivity index (χ0n) is 26.6. The van der Waals surface area contributed by atoms with Crippen LogP contribution in [0.1, 0.15) is 90.2 Å². The first-order valence-corrected chi connectivity index (χ1v) is 15.9. The summed E-state index contributed by atoms with van der Waals surface area (Å²) in [6.07, 6.45) is 11.0. The van der Waals surface area contributed by atoms with E-state index >= 15 is 0 Å². The molecule has 3 aliphatic rings. The number of aliphatic hydroxyl groups excluding tert-OH is 1. The molecule has 2 aliphatic heterocycles. The van der Waals surface area contributed by atoms with Crippen LogP contribution >= 0.6 is 0 Å². The van der Waals surface area contributed by atoms with E-state index in [0.717, 1.165) is 63.0 Å². The number of hydrogen-bond acceptors (Lipinski definition) is 9. The van der Waals surface area contributed by atoms with E-state index in [1.165, 1.54) is 23.8 Å². The number of carbonyl (C=O) groups is 3. The van der Waals surface area contributed by atoms with Crippen molar-refractivity contribution in [2.24, 2.45) is 10.9 Å². The van der Waals surface area contributed by atoms with Crippen LogP contribution in [0.5, 0.6) is 0 Å². The van der Waals surface area contributed by atoms with Crippen molar-refractivity contribution in [1.29, 1.82) is 0 Å². The fraction of sp³-hybridized carbons (Fsp3) is 0.543. The highest BCUT2D eigenvalue weighted by atomic mass is 16.5. The van der Waals surface area contributed by atoms with Crippen molar-refractivity contribution in [3.8, 4) is 0 Å². The second-order valence-electron chi connectivity index (χ2n) is 12.2. The Morgan fingerprint density at radius 2 is 1.75 bits per heavy atom. The normalized spacial score (nSPS) is 20.7. The van der Waals surface area contributed by atoms with Crippen molar-refractivity contribution < 1.29 is 29.0 Å². The molecule has 4 rings (SSSR count). The molecule has 9 heteroatoms. The lowest BCUT2D eigenvalue weighted by molar-refractivity contribution is -0.143. The number of ether oxygens (including phenoxy) is 2. The maximum Gasteiger partial charge on any atom is 0.305 e. The highest BCUT2D eigenvalue weighted by Crippen LogP contribution is 2.32. The SMILES string of the molecule is CCOC(=O)CCCC(=O)C1(C)N=C(CC2CCN(C3=CC=C(Cc4ccc(COC(C)=O)cc4)CC3)CC2)NC(C)=C1O. The van der Waals surface area contributed by atoms with Crippen LogP contribution in [0.15, 0.2) is 64.1 Å². The number of benzene rings is 1. The maximum absolute atomic E-state index is 13.1. The van der Waals surface area contributed by atoms with Crippen LogP contribution < -0.4 is 5.32 Å². The van der Waals surface area contributed by atoms with Crippen molar-refractivity contribution in [2.75, 3.05) is 19.7 Å². The summed E-state index contributed by atoms with van der Waals surface area (Å²) in [7, 11) is 0. The molecule has 0 spiro atoms. The van der Waals surface area contributed by atoms with Crippen LogP contribution in [0.25, 0.3) is 0 Å². The number of likely N-dealkylation sites (tertiary alicyclic amines) is 1. The predicted octanol–water partition coefficient (Wildman–Crippen LogP) is 5.85. The van der Waals surface area contributed by atoms with Gasteiger partial charge in [-0.15, -0.1) is 0 Å². The van der Waals surface area contributed by atoms with E-state index in [9.17, 15) is 19.5 Å². The Bertz CT molecular complexity index is 1330. The Hall–Kier alpha value is -3.88. The Morgan fingerprint density at radius 1 is 1.05 bits per heavy atom. The van der Waals surface area contributed by atoms with Gasteiger partial charge < -0.3 is 24.8 Å². The summed E-state index contributed by atoms with van der Waals surface area (Å²) >= 11 is 0. The van der Waals surface area contributed by atoms with Gasteiger partial charge in [0.05, 0.1) is 12.3 Å². The molecule has 238 valence electrons. The number of Topliss-reactive ketones (excluding diaryl/α,β-unsaturated/α-hetero) is 1. The van der Waals surface area contributed by atoms with Gasteiger partial charge in [-0.3, -0.25) is 14.4 Å². The molecule has 2 N–H and O–H groups in total. The minimum Gasteiger partial charge on any atom is -0.507 e. The number of carbonyl (C=O) groups excluding carboxylic acids is 3. The zero-order valence-corrected chi connectivity index (χ0v) is 26.6. The Kier molecular flexibility index (Phi) is 11.4. The van der Waals surface area contributed by atoms with Gasteiger partial charge in [-0.05, 0) is 82.4 Å². The first-order valence-electron chi connectivity index (χ1n) is 15.9. The van der Waals surface area contributed by atoms with Crippen LogP contribution in [-0.4, -0.2) is 58.8 Å². The largest absolute Gasteiger partial charge is 0.507 e. The minimum absolute atomic E-state index is 0.0508. The smallest absolute Gasteiger partial charge is 0.305 e. The van der Waals surface area contributed by atoms with Gasteiger partial charge in [0.1, 0.15) is 18.2 Å². The molecule has 9 nitrogen and oxygen atoms in total. The van der Waals surface area contributed by atoms with E-state index in [2.05, 4.69) is 34.5 Å². The summed E-state index contributed by atoms with van der Waals surface area (Å²) in [5.41, 5.74) is 4.29. The average molecular weight is 606 g/mol. The predicted molar refractivity (Wildman–Crippen MR) is 170 cm³/mol. The number of hydrogen-bond donors (Lipinski definition) is 2. The molecule has 0 radical (unpaired) electrons. The molecule has 1 aliphatic carbocycles. The van der Waals surface area contributed by atoms with Crippen LogP contribution in [0.3, 0.4) is 0 Å². The molecule has 2 heterocycles. The molecule has 0 bridgehead atoms. The van der Waals surface area contributed by atoms with E-state index < -0.39 is 5.54 Å². The van der Waals surface area contributed by atoms with E-state index in [1.54, 1.807) is 20.8 Å². The van der Waals surface area contributed by atoms with Crippen molar-refractivity contribution in [3.63, 3.8) is 0 Å². The van der Waals surface area contributed by atoms with Crippen molar-refractivity contribution >= 4 is 23.6 Å². The average Bonchev–Trinajstić information content (AvgIpc) is 3.00. The Balaban J connectivity index is 1.27. The van der Waals surface area contributed by atoms with Crippen molar-refractivity contribution in [3.05, 3.63) is 70.3 Å². The highest BCUT2D eigenvalue weighted by Gasteiger charge is 2.41. The van der Waals surface area contributed by atoms with Gasteiger partial charge in [-0.25, -0.2) is 4.99 Å². The van der Waals surface area contributed by atoms with E-state index in [4.69, 9.17) is 14.5 Å². The second kappa shape index (κ2) is 15.2. The molecular formula is C35H47N3O6. The lowest BCUT2D eigenvalue weighted by Crippen LogP contribution is -2.45. The van der Waals surface area contributed by atoms with Gasteiger partial charge in [0.15, 0.2) is 11.3 Å². The maximum atomic E-state index is 13.1. The monoisotopic (exact) mass is 605 g/mol. The number of nitrogens with one attached hydrogen (secondary N) is 1. The third kappa shape index (κ3) is 8.83. The van der Waals surface area contributed by atoms with Gasteiger partial charge in [-0.2, -0.15) is 0 Å². The molecule has 0 amide bonds. The number of rotatable bonds is 13. The molecule has 0 saturated carbocycles. The summed E-state index contributed by atoms with van der Waals surface area (Å²) in [5, 5.41) is 14.0. The lowest BCUT2D eigenvalue weighted by atomic mass is 9.87. The molecule has 1 saturated heterocycles. The van der Waals surface area contributed by atoms with E-state index in [1.807, 2.05) is 12.1 Å².